The topological polar surface area (TPSA) is 58.2 Å². The van der Waals surface area contributed by atoms with E-state index in [0.29, 0.717) is 11.1 Å². The highest BCUT2D eigenvalue weighted by atomic mass is 16.2. The molecule has 4 heteroatoms. The molecule has 3 aromatic rings. The third-order valence-electron chi connectivity index (χ3n) is 5.59. The Morgan fingerprint density at radius 1 is 0.594 bits per heavy atom. The molecule has 2 N–H and O–H groups in total. The lowest BCUT2D eigenvalue weighted by atomic mass is 10.0. The Bertz CT molecular complexity index is 920. The van der Waals surface area contributed by atoms with E-state index in [2.05, 4.69) is 34.9 Å². The highest BCUT2D eigenvalue weighted by Crippen LogP contribution is 2.12. The molecule has 0 aliphatic rings. The van der Waals surface area contributed by atoms with E-state index in [9.17, 15) is 9.59 Å². The summed E-state index contributed by atoms with van der Waals surface area (Å²) in [6, 6.07) is 27.5. The molecule has 0 fully saturated rings. The van der Waals surface area contributed by atoms with E-state index in [1.807, 2.05) is 50.2 Å². The van der Waals surface area contributed by atoms with Gasteiger partial charge in [0.25, 0.3) is 11.8 Å². The van der Waals surface area contributed by atoms with Crippen LogP contribution < -0.4 is 10.6 Å². The minimum atomic E-state index is -0.215. The summed E-state index contributed by atoms with van der Waals surface area (Å²) in [5.41, 5.74) is 3.31. The summed E-state index contributed by atoms with van der Waals surface area (Å²) in [6.45, 7) is 3.99. The molecule has 0 radical (unpaired) electrons. The third kappa shape index (κ3) is 7.09. The zero-order valence-corrected chi connectivity index (χ0v) is 18.9. The molecule has 166 valence electrons. The zero-order chi connectivity index (χ0) is 22.8. The van der Waals surface area contributed by atoms with Gasteiger partial charge in [0.15, 0.2) is 0 Å². The minimum Gasteiger partial charge on any atom is -0.350 e. The number of aryl methyl sites for hydroxylation is 2. The predicted molar refractivity (Wildman–Crippen MR) is 130 cm³/mol. The van der Waals surface area contributed by atoms with E-state index in [1.165, 1.54) is 11.1 Å². The van der Waals surface area contributed by atoms with Crippen molar-refractivity contribution in [3.8, 4) is 0 Å². The molecule has 3 rings (SSSR count). The second kappa shape index (κ2) is 11.8. The van der Waals surface area contributed by atoms with E-state index in [1.54, 1.807) is 24.3 Å². The Morgan fingerprint density at radius 2 is 0.938 bits per heavy atom. The molecule has 2 amide bonds. The first-order valence-electron chi connectivity index (χ1n) is 11.3. The fourth-order valence-electron chi connectivity index (χ4n) is 3.68. The third-order valence-corrected chi connectivity index (χ3v) is 5.59. The number of carbonyl (C=O) groups excluding carboxylic acids is 2. The van der Waals surface area contributed by atoms with Gasteiger partial charge in [-0.25, -0.2) is 0 Å². The monoisotopic (exact) mass is 428 g/mol. The van der Waals surface area contributed by atoms with Crippen molar-refractivity contribution in [1.82, 2.24) is 10.6 Å². The Labute approximate surface area is 191 Å². The summed E-state index contributed by atoms with van der Waals surface area (Å²) in [5.74, 6) is -0.429. The summed E-state index contributed by atoms with van der Waals surface area (Å²) >= 11 is 0. The molecule has 0 bridgehead atoms. The van der Waals surface area contributed by atoms with Gasteiger partial charge >= 0.3 is 0 Å². The molecule has 3 aromatic carbocycles. The van der Waals surface area contributed by atoms with E-state index in [4.69, 9.17) is 0 Å². The molecule has 0 heterocycles. The Morgan fingerprint density at radius 3 is 1.31 bits per heavy atom. The maximum atomic E-state index is 12.9. The Hall–Kier alpha value is -3.40. The van der Waals surface area contributed by atoms with Crippen molar-refractivity contribution in [1.29, 1.82) is 0 Å². The smallest absolute Gasteiger partial charge is 0.252 e. The highest BCUT2D eigenvalue weighted by Gasteiger charge is 2.19. The lowest BCUT2D eigenvalue weighted by molar-refractivity contribution is 0.0903. The minimum absolute atomic E-state index is 0.00335. The fraction of sp³-hybridized carbons (Fsp3) is 0.286. The first-order chi connectivity index (χ1) is 15.5. The highest BCUT2D eigenvalue weighted by molar-refractivity contribution is 6.07. The molecule has 0 saturated heterocycles. The molecule has 0 spiro atoms. The molecule has 0 aromatic heterocycles. The van der Waals surface area contributed by atoms with Crippen LogP contribution in [-0.4, -0.2) is 23.9 Å². The lowest BCUT2D eigenvalue weighted by Crippen LogP contribution is -2.37. The normalized spacial score (nSPS) is 12.6. The second-order valence-electron chi connectivity index (χ2n) is 8.34. The predicted octanol–water partition coefficient (Wildman–Crippen LogP) is 5.19. The number of amides is 2. The molecule has 0 unspecified atom stereocenters. The van der Waals surface area contributed by atoms with Crippen molar-refractivity contribution in [2.24, 2.45) is 0 Å². The molecule has 4 nitrogen and oxygen atoms in total. The van der Waals surface area contributed by atoms with Crippen molar-refractivity contribution in [2.45, 2.75) is 51.6 Å². The number of hydrogen-bond donors (Lipinski definition) is 2. The van der Waals surface area contributed by atoms with Gasteiger partial charge in [-0.1, -0.05) is 72.8 Å². The van der Waals surface area contributed by atoms with Crippen LogP contribution in [0.2, 0.25) is 0 Å². The molecule has 2 atom stereocenters. The van der Waals surface area contributed by atoms with Crippen LogP contribution in [0.1, 0.15) is 58.5 Å². The maximum Gasteiger partial charge on any atom is 0.252 e. The quantitative estimate of drug-likeness (QED) is 0.467. The summed E-state index contributed by atoms with van der Waals surface area (Å²) in [6.07, 6.45) is 3.45. The van der Waals surface area contributed by atoms with E-state index < -0.39 is 0 Å². The number of nitrogens with one attached hydrogen (secondary N) is 2. The van der Waals surface area contributed by atoms with Crippen LogP contribution >= 0.6 is 0 Å². The van der Waals surface area contributed by atoms with E-state index in [0.717, 1.165) is 25.7 Å². The van der Waals surface area contributed by atoms with Crippen LogP contribution in [0, 0.1) is 0 Å². The van der Waals surface area contributed by atoms with Crippen LogP contribution in [0.5, 0.6) is 0 Å². The average Bonchev–Trinajstić information content (AvgIpc) is 2.82. The van der Waals surface area contributed by atoms with Gasteiger partial charge in [-0.3, -0.25) is 9.59 Å². The van der Waals surface area contributed by atoms with Gasteiger partial charge in [0.1, 0.15) is 0 Å². The summed E-state index contributed by atoms with van der Waals surface area (Å²) in [5, 5.41) is 6.09. The number of benzene rings is 3. The van der Waals surface area contributed by atoms with Crippen molar-refractivity contribution < 1.29 is 9.59 Å². The number of carbonyl (C=O) groups is 2. The second-order valence-corrected chi connectivity index (χ2v) is 8.34. The van der Waals surface area contributed by atoms with Crippen LogP contribution in [0.3, 0.4) is 0 Å². The maximum absolute atomic E-state index is 12.9. The first kappa shape index (κ1) is 23.3. The van der Waals surface area contributed by atoms with Gasteiger partial charge in [0.05, 0.1) is 11.1 Å². The van der Waals surface area contributed by atoms with Gasteiger partial charge in [-0.15, -0.1) is 0 Å². The van der Waals surface area contributed by atoms with Crippen LogP contribution in [-0.2, 0) is 12.8 Å². The first-order valence-corrected chi connectivity index (χ1v) is 11.3. The number of hydrogen-bond acceptors (Lipinski definition) is 2. The van der Waals surface area contributed by atoms with Gasteiger partial charge in [-0.2, -0.15) is 0 Å². The molecular formula is C28H32N2O2. The lowest BCUT2D eigenvalue weighted by Gasteiger charge is -2.17. The molecular weight excluding hydrogens is 396 g/mol. The molecule has 0 saturated carbocycles. The zero-order valence-electron chi connectivity index (χ0n) is 18.9. The van der Waals surface area contributed by atoms with Gasteiger partial charge in [-0.05, 0) is 62.8 Å². The SMILES string of the molecule is C[C@H](CCc1ccccc1)NC(=O)c1ccccc1C(=O)N[C@H](C)CCc1ccccc1. The van der Waals surface area contributed by atoms with Crippen molar-refractivity contribution in [3.05, 3.63) is 107 Å². The summed E-state index contributed by atoms with van der Waals surface area (Å²) in [7, 11) is 0. The molecule has 32 heavy (non-hydrogen) atoms. The van der Waals surface area contributed by atoms with Gasteiger partial charge in [0.2, 0.25) is 0 Å². The van der Waals surface area contributed by atoms with Gasteiger partial charge in [0, 0.05) is 12.1 Å². The van der Waals surface area contributed by atoms with Crippen LogP contribution in [0.25, 0.3) is 0 Å². The summed E-state index contributed by atoms with van der Waals surface area (Å²) in [4.78, 5) is 25.8. The van der Waals surface area contributed by atoms with Crippen LogP contribution in [0.15, 0.2) is 84.9 Å². The Kier molecular flexibility index (Phi) is 8.61. The number of rotatable bonds is 10. The van der Waals surface area contributed by atoms with Crippen molar-refractivity contribution in [3.63, 3.8) is 0 Å². The van der Waals surface area contributed by atoms with Crippen molar-refractivity contribution >= 4 is 11.8 Å². The molecule has 0 aliphatic carbocycles. The Balaban J connectivity index is 1.55. The van der Waals surface area contributed by atoms with Crippen LogP contribution in [0.4, 0.5) is 0 Å². The largest absolute Gasteiger partial charge is 0.350 e. The fourth-order valence-corrected chi connectivity index (χ4v) is 3.68. The van der Waals surface area contributed by atoms with E-state index >= 15 is 0 Å². The van der Waals surface area contributed by atoms with Crippen molar-refractivity contribution in [2.75, 3.05) is 0 Å². The average molecular weight is 429 g/mol. The van der Waals surface area contributed by atoms with E-state index in [-0.39, 0.29) is 23.9 Å². The molecule has 0 aliphatic heterocycles. The van der Waals surface area contributed by atoms with Gasteiger partial charge < -0.3 is 10.6 Å². The summed E-state index contributed by atoms with van der Waals surface area (Å²) < 4.78 is 0. The standard InChI is InChI=1S/C28H32N2O2/c1-21(17-19-23-11-5-3-6-12-23)29-27(31)25-15-9-10-16-26(25)28(32)30-22(2)18-20-24-13-7-4-8-14-24/h3-16,21-22H,17-20H2,1-2H3,(H,29,31)(H,30,32)/t21-,22-/m1/s1.